The number of aromatic nitrogens is 1. The maximum absolute atomic E-state index is 4.41. The fraction of sp³-hybridized carbons (Fsp3) is 0.312. The van der Waals surface area contributed by atoms with Gasteiger partial charge in [0.2, 0.25) is 0 Å². The Morgan fingerprint density at radius 2 is 2.00 bits per heavy atom. The molecule has 106 valence electrons. The summed E-state index contributed by atoms with van der Waals surface area (Å²) in [7, 11) is 0. The van der Waals surface area contributed by atoms with Crippen molar-refractivity contribution in [3.8, 4) is 0 Å². The second-order valence-corrected chi connectivity index (χ2v) is 6.49. The van der Waals surface area contributed by atoms with Crippen molar-refractivity contribution in [2.75, 3.05) is 12.3 Å². The summed E-state index contributed by atoms with van der Waals surface area (Å²) in [4.78, 5) is 4.41. The predicted molar refractivity (Wildman–Crippen MR) is 90.3 cm³/mol. The lowest BCUT2D eigenvalue weighted by Crippen LogP contribution is -2.23. The molecule has 4 heteroatoms. The van der Waals surface area contributed by atoms with Crippen LogP contribution in [-0.2, 0) is 0 Å². The van der Waals surface area contributed by atoms with Crippen LogP contribution in [0.4, 0.5) is 0 Å². The third-order valence-electron chi connectivity index (χ3n) is 3.04. The summed E-state index contributed by atoms with van der Waals surface area (Å²) >= 11 is 5.32. The van der Waals surface area contributed by atoms with Gasteiger partial charge in [-0.3, -0.25) is 0 Å². The van der Waals surface area contributed by atoms with E-state index in [4.69, 9.17) is 0 Å². The molecule has 0 spiro atoms. The standard InChI is InChI=1S/C16H19BrN2S/c1-3-18-15(13-8-6-12(2)7-9-13)11-20-16-14(17)5-4-10-19-16/h4-10,15,18H,3,11H2,1-2H3. The largest absolute Gasteiger partial charge is 0.309 e. The van der Waals surface area contributed by atoms with Crippen LogP contribution < -0.4 is 5.32 Å². The Morgan fingerprint density at radius 3 is 2.65 bits per heavy atom. The molecular weight excluding hydrogens is 332 g/mol. The van der Waals surface area contributed by atoms with E-state index in [1.165, 1.54) is 11.1 Å². The Balaban J connectivity index is 2.06. The Hall–Kier alpha value is -0.840. The van der Waals surface area contributed by atoms with Gasteiger partial charge in [0.15, 0.2) is 0 Å². The first kappa shape index (κ1) is 15.5. The number of rotatable bonds is 6. The van der Waals surface area contributed by atoms with Crippen molar-refractivity contribution in [3.05, 3.63) is 58.2 Å². The lowest BCUT2D eigenvalue weighted by molar-refractivity contribution is 0.605. The fourth-order valence-electron chi connectivity index (χ4n) is 1.96. The van der Waals surface area contributed by atoms with Crippen molar-refractivity contribution in [1.82, 2.24) is 10.3 Å². The third kappa shape index (κ3) is 4.33. The molecule has 1 aromatic heterocycles. The number of thioether (sulfide) groups is 1. The zero-order chi connectivity index (χ0) is 14.4. The molecule has 1 atom stereocenters. The van der Waals surface area contributed by atoms with Gasteiger partial charge in [-0.1, -0.05) is 36.8 Å². The van der Waals surface area contributed by atoms with Crippen LogP contribution in [0.25, 0.3) is 0 Å². The maximum atomic E-state index is 4.41. The molecule has 20 heavy (non-hydrogen) atoms. The van der Waals surface area contributed by atoms with E-state index in [9.17, 15) is 0 Å². The number of benzene rings is 1. The van der Waals surface area contributed by atoms with E-state index in [1.54, 1.807) is 11.8 Å². The van der Waals surface area contributed by atoms with Crippen molar-refractivity contribution in [2.24, 2.45) is 0 Å². The molecule has 1 unspecified atom stereocenters. The van der Waals surface area contributed by atoms with Gasteiger partial charge >= 0.3 is 0 Å². The summed E-state index contributed by atoms with van der Waals surface area (Å²) in [5.41, 5.74) is 2.63. The Bertz CT molecular complexity index is 542. The molecule has 0 bridgehead atoms. The van der Waals surface area contributed by atoms with E-state index < -0.39 is 0 Å². The van der Waals surface area contributed by atoms with Crippen LogP contribution in [0.3, 0.4) is 0 Å². The van der Waals surface area contributed by atoms with E-state index in [-0.39, 0.29) is 0 Å². The van der Waals surface area contributed by atoms with Crippen LogP contribution in [0, 0.1) is 6.92 Å². The molecule has 1 aromatic carbocycles. The van der Waals surface area contributed by atoms with Crippen LogP contribution in [0.5, 0.6) is 0 Å². The van der Waals surface area contributed by atoms with Gasteiger partial charge in [0, 0.05) is 22.5 Å². The summed E-state index contributed by atoms with van der Waals surface area (Å²) in [6, 6.07) is 13.1. The predicted octanol–water partition coefficient (Wildman–Crippen LogP) is 4.60. The SMILES string of the molecule is CCNC(CSc1ncccc1Br)c1ccc(C)cc1. The average molecular weight is 351 g/mol. The summed E-state index contributed by atoms with van der Waals surface area (Å²) in [5.74, 6) is 0.965. The Morgan fingerprint density at radius 1 is 1.25 bits per heavy atom. The molecule has 2 rings (SSSR count). The number of nitrogens with one attached hydrogen (secondary N) is 1. The highest BCUT2D eigenvalue weighted by Gasteiger charge is 2.12. The number of pyridine rings is 1. The number of hydrogen-bond donors (Lipinski definition) is 1. The Kier molecular flexibility index (Phi) is 6.07. The summed E-state index contributed by atoms with van der Waals surface area (Å²) in [6.07, 6.45) is 1.83. The molecule has 0 aliphatic rings. The van der Waals surface area contributed by atoms with Crippen molar-refractivity contribution < 1.29 is 0 Å². The van der Waals surface area contributed by atoms with Crippen molar-refractivity contribution in [3.63, 3.8) is 0 Å². The maximum Gasteiger partial charge on any atom is 0.110 e. The van der Waals surface area contributed by atoms with Gasteiger partial charge in [0.25, 0.3) is 0 Å². The second-order valence-electron chi connectivity index (χ2n) is 4.62. The lowest BCUT2D eigenvalue weighted by atomic mass is 10.1. The topological polar surface area (TPSA) is 24.9 Å². The zero-order valence-corrected chi connectivity index (χ0v) is 14.2. The smallest absolute Gasteiger partial charge is 0.110 e. The van der Waals surface area contributed by atoms with Crippen LogP contribution in [0.1, 0.15) is 24.1 Å². The molecule has 0 fully saturated rings. The van der Waals surface area contributed by atoms with Gasteiger partial charge in [-0.25, -0.2) is 4.98 Å². The molecule has 0 saturated carbocycles. The lowest BCUT2D eigenvalue weighted by Gasteiger charge is -2.18. The number of hydrogen-bond acceptors (Lipinski definition) is 3. The molecule has 2 aromatic rings. The minimum Gasteiger partial charge on any atom is -0.309 e. The number of halogens is 1. The van der Waals surface area contributed by atoms with Crippen LogP contribution >= 0.6 is 27.7 Å². The molecule has 0 amide bonds. The van der Waals surface area contributed by atoms with E-state index in [1.807, 2.05) is 18.3 Å². The van der Waals surface area contributed by atoms with Gasteiger partial charge in [-0.05, 0) is 47.1 Å². The number of aryl methyl sites for hydroxylation is 1. The van der Waals surface area contributed by atoms with Crippen LogP contribution in [0.15, 0.2) is 52.1 Å². The molecule has 0 aliphatic carbocycles. The van der Waals surface area contributed by atoms with E-state index in [0.29, 0.717) is 6.04 Å². The van der Waals surface area contributed by atoms with Crippen LogP contribution in [0.2, 0.25) is 0 Å². The van der Waals surface area contributed by atoms with Gasteiger partial charge < -0.3 is 5.32 Å². The summed E-state index contributed by atoms with van der Waals surface area (Å²) < 4.78 is 1.06. The minimum atomic E-state index is 0.347. The minimum absolute atomic E-state index is 0.347. The van der Waals surface area contributed by atoms with E-state index >= 15 is 0 Å². The fourth-order valence-corrected chi connectivity index (χ4v) is 3.53. The zero-order valence-electron chi connectivity index (χ0n) is 11.8. The summed E-state index contributed by atoms with van der Waals surface area (Å²) in [6.45, 7) is 5.22. The molecule has 2 nitrogen and oxygen atoms in total. The molecule has 1 N–H and O–H groups in total. The highest BCUT2D eigenvalue weighted by Crippen LogP contribution is 2.28. The van der Waals surface area contributed by atoms with Crippen molar-refractivity contribution in [1.29, 1.82) is 0 Å². The van der Waals surface area contributed by atoms with Gasteiger partial charge in [-0.15, -0.1) is 11.8 Å². The van der Waals surface area contributed by atoms with E-state index in [2.05, 4.69) is 64.3 Å². The number of nitrogens with zero attached hydrogens (tertiary/aromatic N) is 1. The van der Waals surface area contributed by atoms with Gasteiger partial charge in [-0.2, -0.15) is 0 Å². The van der Waals surface area contributed by atoms with Crippen molar-refractivity contribution in [2.45, 2.75) is 24.9 Å². The third-order valence-corrected chi connectivity index (χ3v) is 5.04. The van der Waals surface area contributed by atoms with Crippen molar-refractivity contribution >= 4 is 27.7 Å². The summed E-state index contributed by atoms with van der Waals surface area (Å²) in [5, 5.41) is 4.59. The first-order valence-electron chi connectivity index (χ1n) is 6.74. The molecule has 0 saturated heterocycles. The van der Waals surface area contributed by atoms with Gasteiger partial charge in [0.05, 0.1) is 0 Å². The highest BCUT2D eigenvalue weighted by molar-refractivity contribution is 9.10. The normalized spacial score (nSPS) is 12.3. The first-order chi connectivity index (χ1) is 9.70. The average Bonchev–Trinajstić information content (AvgIpc) is 2.46. The molecule has 1 heterocycles. The molecule has 0 aliphatic heterocycles. The highest BCUT2D eigenvalue weighted by atomic mass is 79.9. The van der Waals surface area contributed by atoms with Crippen LogP contribution in [-0.4, -0.2) is 17.3 Å². The van der Waals surface area contributed by atoms with E-state index in [0.717, 1.165) is 21.8 Å². The molecule has 0 radical (unpaired) electrons. The molecular formula is C16H19BrN2S. The first-order valence-corrected chi connectivity index (χ1v) is 8.52. The quantitative estimate of drug-likeness (QED) is 0.770. The Labute approximate surface area is 133 Å². The van der Waals surface area contributed by atoms with Gasteiger partial charge in [0.1, 0.15) is 5.03 Å². The second kappa shape index (κ2) is 7.81. The monoisotopic (exact) mass is 350 g/mol.